The molecule has 1 aromatic heterocycles. The van der Waals surface area contributed by atoms with Gasteiger partial charge in [-0.2, -0.15) is 0 Å². The number of nitrogens with zero attached hydrogens (tertiary/aromatic N) is 1. The standard InChI is InChI=1S/C21H29N/c1-4-6-7-18-8-10-20(11-9-18)17(3)16-19(5-2)21-12-14-22-15-13-21/h8-15,17,19H,4-7,16H2,1-3H3. The molecule has 118 valence electrons. The molecule has 1 heteroatoms. The fourth-order valence-corrected chi connectivity index (χ4v) is 3.13. The molecule has 0 amide bonds. The van der Waals surface area contributed by atoms with Gasteiger partial charge >= 0.3 is 0 Å². The Balaban J connectivity index is 1.99. The van der Waals surface area contributed by atoms with Gasteiger partial charge in [-0.3, -0.25) is 4.98 Å². The van der Waals surface area contributed by atoms with E-state index < -0.39 is 0 Å². The van der Waals surface area contributed by atoms with Crippen molar-refractivity contribution in [2.45, 2.75) is 64.7 Å². The van der Waals surface area contributed by atoms with Gasteiger partial charge < -0.3 is 0 Å². The van der Waals surface area contributed by atoms with Crippen LogP contribution in [0.15, 0.2) is 48.8 Å². The maximum absolute atomic E-state index is 4.13. The Bertz CT molecular complexity index is 530. The Morgan fingerprint density at radius 2 is 1.59 bits per heavy atom. The molecule has 0 aliphatic carbocycles. The van der Waals surface area contributed by atoms with Gasteiger partial charge in [0.2, 0.25) is 0 Å². The Labute approximate surface area is 135 Å². The summed E-state index contributed by atoms with van der Waals surface area (Å²) in [5.41, 5.74) is 4.36. The third-order valence-corrected chi connectivity index (χ3v) is 4.68. The van der Waals surface area contributed by atoms with Gasteiger partial charge in [0.1, 0.15) is 0 Å². The van der Waals surface area contributed by atoms with E-state index in [9.17, 15) is 0 Å². The summed E-state index contributed by atoms with van der Waals surface area (Å²) in [6.45, 7) is 6.89. The average molecular weight is 295 g/mol. The van der Waals surface area contributed by atoms with Gasteiger partial charge in [0, 0.05) is 12.4 Å². The van der Waals surface area contributed by atoms with E-state index in [1.54, 1.807) is 0 Å². The Hall–Kier alpha value is -1.63. The van der Waals surface area contributed by atoms with Crippen molar-refractivity contribution in [1.82, 2.24) is 4.98 Å². The number of unbranched alkanes of at least 4 members (excludes halogenated alkanes) is 1. The maximum atomic E-state index is 4.13. The number of aromatic nitrogens is 1. The molecule has 2 aromatic rings. The smallest absolute Gasteiger partial charge is 0.0270 e. The number of pyridine rings is 1. The van der Waals surface area contributed by atoms with Crippen LogP contribution in [0.25, 0.3) is 0 Å². The molecule has 2 atom stereocenters. The second kappa shape index (κ2) is 8.73. The van der Waals surface area contributed by atoms with Crippen molar-refractivity contribution in [3.8, 4) is 0 Å². The Morgan fingerprint density at radius 1 is 0.909 bits per heavy atom. The highest BCUT2D eigenvalue weighted by Gasteiger charge is 2.15. The van der Waals surface area contributed by atoms with Crippen molar-refractivity contribution in [3.05, 3.63) is 65.5 Å². The number of hydrogen-bond donors (Lipinski definition) is 0. The molecule has 0 spiro atoms. The predicted molar refractivity (Wildman–Crippen MR) is 95.4 cm³/mol. The molecule has 0 bridgehead atoms. The second-order valence-corrected chi connectivity index (χ2v) is 6.37. The van der Waals surface area contributed by atoms with E-state index in [1.165, 1.54) is 48.8 Å². The minimum absolute atomic E-state index is 0.596. The lowest BCUT2D eigenvalue weighted by Crippen LogP contribution is -2.04. The summed E-state index contributed by atoms with van der Waals surface area (Å²) >= 11 is 0. The lowest BCUT2D eigenvalue weighted by molar-refractivity contribution is 0.544. The van der Waals surface area contributed by atoms with Crippen LogP contribution in [0.5, 0.6) is 0 Å². The summed E-state index contributed by atoms with van der Waals surface area (Å²) in [5.74, 6) is 1.22. The molecule has 0 radical (unpaired) electrons. The minimum atomic E-state index is 0.596. The first-order valence-corrected chi connectivity index (χ1v) is 8.73. The molecule has 0 fully saturated rings. The van der Waals surface area contributed by atoms with Crippen LogP contribution in [0.3, 0.4) is 0 Å². The highest BCUT2D eigenvalue weighted by molar-refractivity contribution is 5.26. The van der Waals surface area contributed by atoms with Gasteiger partial charge in [0.05, 0.1) is 0 Å². The lowest BCUT2D eigenvalue weighted by atomic mass is 9.85. The van der Waals surface area contributed by atoms with Crippen LogP contribution < -0.4 is 0 Å². The molecule has 0 aliphatic heterocycles. The Morgan fingerprint density at radius 3 is 2.18 bits per heavy atom. The van der Waals surface area contributed by atoms with Crippen LogP contribution in [0, 0.1) is 0 Å². The largest absolute Gasteiger partial charge is 0.265 e. The third kappa shape index (κ3) is 4.69. The third-order valence-electron chi connectivity index (χ3n) is 4.68. The van der Waals surface area contributed by atoms with Crippen molar-refractivity contribution in [3.63, 3.8) is 0 Å². The fraction of sp³-hybridized carbons (Fsp3) is 0.476. The molecule has 2 unspecified atom stereocenters. The van der Waals surface area contributed by atoms with Crippen LogP contribution in [-0.2, 0) is 6.42 Å². The molecule has 0 N–H and O–H groups in total. The molecule has 22 heavy (non-hydrogen) atoms. The average Bonchev–Trinajstić information content (AvgIpc) is 2.58. The van der Waals surface area contributed by atoms with Gasteiger partial charge in [-0.1, -0.05) is 51.5 Å². The normalized spacial score (nSPS) is 13.8. The van der Waals surface area contributed by atoms with E-state index in [0.29, 0.717) is 11.8 Å². The number of aryl methyl sites for hydroxylation is 1. The van der Waals surface area contributed by atoms with E-state index in [4.69, 9.17) is 0 Å². The van der Waals surface area contributed by atoms with E-state index in [0.717, 1.165) is 0 Å². The van der Waals surface area contributed by atoms with Crippen LogP contribution >= 0.6 is 0 Å². The second-order valence-electron chi connectivity index (χ2n) is 6.37. The molecule has 1 nitrogen and oxygen atoms in total. The first kappa shape index (κ1) is 16.7. The predicted octanol–water partition coefficient (Wildman–Crippen LogP) is 6.11. The van der Waals surface area contributed by atoms with Crippen LogP contribution in [0.1, 0.15) is 75.0 Å². The van der Waals surface area contributed by atoms with Gasteiger partial charge in [-0.25, -0.2) is 0 Å². The van der Waals surface area contributed by atoms with Crippen molar-refractivity contribution < 1.29 is 0 Å². The summed E-state index contributed by atoms with van der Waals surface area (Å²) in [6, 6.07) is 13.6. The zero-order valence-electron chi connectivity index (χ0n) is 14.3. The van der Waals surface area contributed by atoms with Crippen molar-refractivity contribution in [2.24, 2.45) is 0 Å². The summed E-state index contributed by atoms with van der Waals surface area (Å²) in [5, 5.41) is 0. The van der Waals surface area contributed by atoms with Crippen molar-refractivity contribution in [1.29, 1.82) is 0 Å². The first-order valence-electron chi connectivity index (χ1n) is 8.73. The lowest BCUT2D eigenvalue weighted by Gasteiger charge is -2.20. The molecular formula is C21H29N. The molecule has 0 aliphatic rings. The highest BCUT2D eigenvalue weighted by Crippen LogP contribution is 2.31. The van der Waals surface area contributed by atoms with Gasteiger partial charge in [-0.05, 0) is 66.3 Å². The van der Waals surface area contributed by atoms with E-state index in [-0.39, 0.29) is 0 Å². The molecule has 1 heterocycles. The molecular weight excluding hydrogens is 266 g/mol. The Kier molecular flexibility index (Phi) is 6.64. The number of benzene rings is 1. The zero-order chi connectivity index (χ0) is 15.8. The zero-order valence-corrected chi connectivity index (χ0v) is 14.3. The van der Waals surface area contributed by atoms with Crippen molar-refractivity contribution >= 4 is 0 Å². The monoisotopic (exact) mass is 295 g/mol. The van der Waals surface area contributed by atoms with Gasteiger partial charge in [-0.15, -0.1) is 0 Å². The summed E-state index contributed by atoms with van der Waals surface area (Å²) in [4.78, 5) is 4.13. The van der Waals surface area contributed by atoms with Gasteiger partial charge in [0.15, 0.2) is 0 Å². The van der Waals surface area contributed by atoms with Crippen LogP contribution in [-0.4, -0.2) is 4.98 Å². The van der Waals surface area contributed by atoms with E-state index in [2.05, 4.69) is 62.2 Å². The summed E-state index contributed by atoms with van der Waals surface area (Å²) < 4.78 is 0. The highest BCUT2D eigenvalue weighted by atomic mass is 14.6. The van der Waals surface area contributed by atoms with E-state index in [1.807, 2.05) is 12.4 Å². The minimum Gasteiger partial charge on any atom is -0.265 e. The topological polar surface area (TPSA) is 12.9 Å². The quantitative estimate of drug-likeness (QED) is 0.572. The van der Waals surface area contributed by atoms with Crippen LogP contribution in [0.4, 0.5) is 0 Å². The molecule has 0 saturated heterocycles. The number of hydrogen-bond acceptors (Lipinski definition) is 1. The number of rotatable bonds is 8. The first-order chi connectivity index (χ1) is 10.7. The molecule has 2 rings (SSSR count). The molecule has 0 saturated carbocycles. The maximum Gasteiger partial charge on any atom is 0.0270 e. The summed E-state index contributed by atoms with van der Waals surface area (Å²) in [6.07, 6.45) is 9.96. The molecule has 1 aromatic carbocycles. The van der Waals surface area contributed by atoms with E-state index >= 15 is 0 Å². The summed E-state index contributed by atoms with van der Waals surface area (Å²) in [7, 11) is 0. The van der Waals surface area contributed by atoms with Gasteiger partial charge in [0.25, 0.3) is 0 Å². The SMILES string of the molecule is CCCCc1ccc(C(C)CC(CC)c2ccncc2)cc1. The fourth-order valence-electron chi connectivity index (χ4n) is 3.13. The van der Waals surface area contributed by atoms with Crippen LogP contribution in [0.2, 0.25) is 0 Å². The van der Waals surface area contributed by atoms with Crippen molar-refractivity contribution in [2.75, 3.05) is 0 Å².